The van der Waals surface area contributed by atoms with Gasteiger partial charge in [-0.05, 0) is 97.2 Å². The number of amides is 1. The summed E-state index contributed by atoms with van der Waals surface area (Å²) in [4.78, 5) is 23.7. The topological polar surface area (TPSA) is 63.5 Å². The number of aryl methyl sites for hydroxylation is 3. The van der Waals surface area contributed by atoms with Crippen LogP contribution < -0.4 is 0 Å². The van der Waals surface area contributed by atoms with Crippen molar-refractivity contribution in [3.63, 3.8) is 0 Å². The zero-order valence-corrected chi connectivity index (χ0v) is 28.6. The molecule has 1 amide bonds. The van der Waals surface area contributed by atoms with Gasteiger partial charge >= 0.3 is 0 Å². The van der Waals surface area contributed by atoms with Crippen LogP contribution in [0.3, 0.4) is 0 Å². The van der Waals surface area contributed by atoms with Gasteiger partial charge < -0.3 is 9.64 Å². The summed E-state index contributed by atoms with van der Waals surface area (Å²) in [6.07, 6.45) is 6.32. The first kappa shape index (κ1) is 31.8. The normalized spacial score (nSPS) is 25.4. The number of nitrogens with zero attached hydrogens (tertiary/aromatic N) is 5. The highest BCUT2D eigenvalue weighted by Gasteiger charge is 2.52. The molecule has 3 fully saturated rings. The van der Waals surface area contributed by atoms with Crippen molar-refractivity contribution >= 4 is 17.5 Å². The summed E-state index contributed by atoms with van der Waals surface area (Å²) >= 11 is 6.79. The molecule has 246 valence electrons. The van der Waals surface area contributed by atoms with Crippen molar-refractivity contribution in [1.82, 2.24) is 24.6 Å². The zero-order chi connectivity index (χ0) is 32.4. The van der Waals surface area contributed by atoms with Gasteiger partial charge in [0.1, 0.15) is 18.0 Å². The van der Waals surface area contributed by atoms with Crippen LogP contribution in [-0.4, -0.2) is 75.9 Å². The molecule has 3 saturated heterocycles. The van der Waals surface area contributed by atoms with Crippen LogP contribution in [0.25, 0.3) is 0 Å². The third-order valence-corrected chi connectivity index (χ3v) is 12.4. The highest BCUT2D eigenvalue weighted by molar-refractivity contribution is 6.31. The SMILES string of the molecule is Cc1ccc([C@@H]2CN(C3CCOCC3)C[C@H]2C(=O)N2CCC3(CC2)C[C@H](C(C)(C)c2ncnn2C)c2cc(C)c(Cl)cc23)c(F)c1. The molecule has 46 heavy (non-hydrogen) atoms. The average molecular weight is 648 g/mol. The summed E-state index contributed by atoms with van der Waals surface area (Å²) in [6, 6.07) is 10.4. The molecule has 7 nitrogen and oxygen atoms in total. The Morgan fingerprint density at radius 1 is 1.07 bits per heavy atom. The second kappa shape index (κ2) is 12.0. The first-order valence-electron chi connectivity index (χ1n) is 17.0. The number of carbonyl (C=O) groups excluding carboxylic acids is 1. The van der Waals surface area contributed by atoms with Crippen LogP contribution in [0, 0.1) is 25.6 Å². The van der Waals surface area contributed by atoms with E-state index >= 15 is 4.39 Å². The van der Waals surface area contributed by atoms with E-state index in [1.807, 2.05) is 30.8 Å². The quantitative estimate of drug-likeness (QED) is 0.319. The molecule has 3 aromatic rings. The Morgan fingerprint density at radius 2 is 1.80 bits per heavy atom. The van der Waals surface area contributed by atoms with Gasteiger partial charge in [0, 0.05) is 68.8 Å². The lowest BCUT2D eigenvalue weighted by molar-refractivity contribution is -0.137. The number of piperidine rings is 1. The fourth-order valence-electron chi connectivity index (χ4n) is 9.29. The van der Waals surface area contributed by atoms with Crippen molar-refractivity contribution in [2.24, 2.45) is 13.0 Å². The molecule has 3 atom stereocenters. The van der Waals surface area contributed by atoms with E-state index in [2.05, 4.69) is 52.8 Å². The molecule has 2 aromatic carbocycles. The molecule has 9 heteroatoms. The van der Waals surface area contributed by atoms with Gasteiger partial charge in [-0.25, -0.2) is 9.37 Å². The van der Waals surface area contributed by atoms with Gasteiger partial charge in [-0.3, -0.25) is 14.4 Å². The number of benzene rings is 2. The molecule has 1 aromatic heterocycles. The fourth-order valence-corrected chi connectivity index (χ4v) is 9.45. The smallest absolute Gasteiger partial charge is 0.227 e. The number of carbonyl (C=O) groups is 1. The molecule has 0 saturated carbocycles. The Bertz CT molecular complexity index is 1620. The van der Waals surface area contributed by atoms with Crippen molar-refractivity contribution in [3.8, 4) is 0 Å². The van der Waals surface area contributed by atoms with Crippen LogP contribution in [-0.2, 0) is 27.4 Å². The van der Waals surface area contributed by atoms with Gasteiger partial charge in [0.2, 0.25) is 5.91 Å². The first-order valence-corrected chi connectivity index (χ1v) is 17.4. The Balaban J connectivity index is 1.15. The van der Waals surface area contributed by atoms with Crippen molar-refractivity contribution in [3.05, 3.63) is 81.1 Å². The second-order valence-electron chi connectivity index (χ2n) is 15.0. The monoisotopic (exact) mass is 647 g/mol. The van der Waals surface area contributed by atoms with E-state index < -0.39 is 0 Å². The third kappa shape index (κ3) is 5.38. The van der Waals surface area contributed by atoms with E-state index in [-0.39, 0.29) is 40.3 Å². The summed E-state index contributed by atoms with van der Waals surface area (Å²) < 4.78 is 23.0. The molecular formula is C37H47ClFN5O2. The van der Waals surface area contributed by atoms with Crippen LogP contribution in [0.5, 0.6) is 0 Å². The third-order valence-electron chi connectivity index (χ3n) is 12.0. The molecular weight excluding hydrogens is 601 g/mol. The lowest BCUT2D eigenvalue weighted by Gasteiger charge is -2.42. The number of aromatic nitrogens is 3. The summed E-state index contributed by atoms with van der Waals surface area (Å²) in [7, 11) is 1.97. The van der Waals surface area contributed by atoms with E-state index in [9.17, 15) is 4.79 Å². The second-order valence-corrected chi connectivity index (χ2v) is 15.4. The molecule has 1 spiro atoms. The van der Waals surface area contributed by atoms with Crippen molar-refractivity contribution in [1.29, 1.82) is 0 Å². The molecule has 0 bridgehead atoms. The minimum Gasteiger partial charge on any atom is -0.381 e. The predicted octanol–water partition coefficient (Wildman–Crippen LogP) is 6.44. The van der Waals surface area contributed by atoms with Crippen LogP contribution in [0.15, 0.2) is 36.7 Å². The highest BCUT2D eigenvalue weighted by atomic mass is 35.5. The van der Waals surface area contributed by atoms with E-state index in [1.165, 1.54) is 11.1 Å². The Morgan fingerprint density at radius 3 is 2.48 bits per heavy atom. The molecule has 0 radical (unpaired) electrons. The Hall–Kier alpha value is -2.81. The van der Waals surface area contributed by atoms with Crippen molar-refractivity contribution in [2.45, 2.75) is 88.5 Å². The van der Waals surface area contributed by atoms with Crippen LogP contribution >= 0.6 is 11.6 Å². The largest absolute Gasteiger partial charge is 0.381 e. The number of ether oxygens (including phenoxy) is 1. The number of fused-ring (bicyclic) bond motifs is 2. The number of hydrogen-bond donors (Lipinski definition) is 0. The van der Waals surface area contributed by atoms with Crippen LogP contribution in [0.1, 0.15) is 91.4 Å². The van der Waals surface area contributed by atoms with Gasteiger partial charge in [0.15, 0.2) is 0 Å². The Labute approximate surface area is 277 Å². The number of rotatable bonds is 5. The molecule has 7 rings (SSSR count). The van der Waals surface area contributed by atoms with Crippen molar-refractivity contribution in [2.75, 3.05) is 39.4 Å². The average Bonchev–Trinajstić information content (AvgIpc) is 3.75. The van der Waals surface area contributed by atoms with E-state index in [1.54, 1.807) is 12.4 Å². The predicted molar refractivity (Wildman–Crippen MR) is 178 cm³/mol. The van der Waals surface area contributed by atoms with Crippen molar-refractivity contribution < 1.29 is 13.9 Å². The number of halogens is 2. The fraction of sp³-hybridized carbons (Fsp3) is 0.595. The molecule has 1 aliphatic carbocycles. The van der Waals surface area contributed by atoms with E-state index in [0.717, 1.165) is 67.3 Å². The molecule has 4 aliphatic rings. The summed E-state index contributed by atoms with van der Waals surface area (Å²) in [5, 5.41) is 5.19. The minimum absolute atomic E-state index is 0.0593. The zero-order valence-electron chi connectivity index (χ0n) is 27.9. The van der Waals surface area contributed by atoms with Gasteiger partial charge in [-0.1, -0.05) is 43.6 Å². The lowest BCUT2D eigenvalue weighted by Crippen LogP contribution is -2.48. The molecule has 0 N–H and O–H groups in total. The Kier molecular flexibility index (Phi) is 8.30. The maximum absolute atomic E-state index is 15.4. The molecule has 3 aliphatic heterocycles. The standard InChI is InChI=1S/C37H47ClFN5O2/c1-23-6-7-26(33(39)16-23)28-20-44(25-8-14-46-15-9-25)21-29(28)34(45)43-12-10-37(11-13-43)19-31(27-17-24(2)32(38)18-30(27)37)36(3,4)35-40-22-41-42(35)5/h6-7,16-18,22,25,28-29,31H,8-15,19-21H2,1-5H3/t28-,29+,31-/m0/s1. The van der Waals surface area contributed by atoms with Gasteiger partial charge in [0.05, 0.1) is 5.92 Å². The summed E-state index contributed by atoms with van der Waals surface area (Å²) in [6.45, 7) is 12.8. The lowest BCUT2D eigenvalue weighted by atomic mass is 9.69. The highest BCUT2D eigenvalue weighted by Crippen LogP contribution is 2.58. The number of likely N-dealkylation sites (tertiary alicyclic amines) is 2. The van der Waals surface area contributed by atoms with Gasteiger partial charge in [-0.2, -0.15) is 5.10 Å². The number of hydrogen-bond acceptors (Lipinski definition) is 5. The molecule has 0 unspecified atom stereocenters. The van der Waals surface area contributed by atoms with E-state index in [4.69, 9.17) is 16.3 Å². The first-order chi connectivity index (χ1) is 22.0. The van der Waals surface area contributed by atoms with Gasteiger partial charge in [-0.15, -0.1) is 0 Å². The van der Waals surface area contributed by atoms with Crippen LogP contribution in [0.4, 0.5) is 4.39 Å². The maximum Gasteiger partial charge on any atom is 0.227 e. The summed E-state index contributed by atoms with van der Waals surface area (Å²) in [5.74, 6) is 0.791. The van der Waals surface area contributed by atoms with E-state index in [0.29, 0.717) is 37.8 Å². The maximum atomic E-state index is 15.4. The minimum atomic E-state index is -0.260. The van der Waals surface area contributed by atoms with Gasteiger partial charge in [0.25, 0.3) is 0 Å². The van der Waals surface area contributed by atoms with Crippen LogP contribution in [0.2, 0.25) is 5.02 Å². The summed E-state index contributed by atoms with van der Waals surface area (Å²) in [5.41, 5.74) is 5.06. The molecule has 4 heterocycles.